The number of hydrogen-bond acceptors (Lipinski definition) is 4. The molecule has 1 aromatic rings. The maximum absolute atomic E-state index is 12.4. The zero-order chi connectivity index (χ0) is 14.3. The van der Waals surface area contributed by atoms with Gasteiger partial charge in [-0.1, -0.05) is 0 Å². The van der Waals surface area contributed by atoms with Gasteiger partial charge in [0, 0.05) is 31.8 Å². The average molecular weight is 276 g/mol. The molecule has 0 N–H and O–H groups in total. The summed E-state index contributed by atoms with van der Waals surface area (Å²) in [6, 6.07) is 5.00. The summed E-state index contributed by atoms with van der Waals surface area (Å²) in [5.74, 6) is 1.19. The Hall–Kier alpha value is -2.24. The third-order valence-corrected chi connectivity index (χ3v) is 3.73. The molecule has 1 saturated heterocycles. The lowest BCUT2D eigenvalue weighted by atomic mass is 10.1. The number of carbonyl (C=O) groups excluding carboxylic acids is 2. The SMILES string of the molecule is CC(=O)N1CCN(c2ccc3c(c2)OCO3)C(=O)C1C. The molecule has 0 saturated carbocycles. The van der Waals surface area contributed by atoms with Crippen molar-refractivity contribution in [1.82, 2.24) is 4.90 Å². The van der Waals surface area contributed by atoms with Crippen molar-refractivity contribution in [1.29, 1.82) is 0 Å². The van der Waals surface area contributed by atoms with Crippen LogP contribution in [-0.2, 0) is 9.59 Å². The van der Waals surface area contributed by atoms with Crippen molar-refractivity contribution in [3.05, 3.63) is 18.2 Å². The Morgan fingerprint density at radius 2 is 2.00 bits per heavy atom. The van der Waals surface area contributed by atoms with Crippen LogP contribution in [0.1, 0.15) is 13.8 Å². The molecular formula is C14H16N2O4. The van der Waals surface area contributed by atoms with E-state index < -0.39 is 6.04 Å². The zero-order valence-corrected chi connectivity index (χ0v) is 11.5. The second-order valence-electron chi connectivity index (χ2n) is 4.92. The summed E-state index contributed by atoms with van der Waals surface area (Å²) in [6.45, 7) is 4.48. The number of nitrogens with zero attached hydrogens (tertiary/aromatic N) is 2. The van der Waals surface area contributed by atoms with E-state index in [1.54, 1.807) is 28.9 Å². The number of benzene rings is 1. The van der Waals surface area contributed by atoms with E-state index in [1.807, 2.05) is 6.07 Å². The van der Waals surface area contributed by atoms with Gasteiger partial charge in [0.15, 0.2) is 11.5 Å². The molecule has 3 rings (SSSR count). The topological polar surface area (TPSA) is 59.1 Å². The van der Waals surface area contributed by atoms with E-state index in [0.717, 1.165) is 5.69 Å². The van der Waals surface area contributed by atoms with Crippen LogP contribution in [-0.4, -0.2) is 42.6 Å². The molecule has 20 heavy (non-hydrogen) atoms. The molecule has 2 aliphatic heterocycles. The highest BCUT2D eigenvalue weighted by Gasteiger charge is 2.34. The Morgan fingerprint density at radius 3 is 2.75 bits per heavy atom. The van der Waals surface area contributed by atoms with E-state index >= 15 is 0 Å². The largest absolute Gasteiger partial charge is 0.454 e. The van der Waals surface area contributed by atoms with Gasteiger partial charge in [-0.05, 0) is 19.1 Å². The lowest BCUT2D eigenvalue weighted by Gasteiger charge is -2.38. The number of piperazine rings is 1. The van der Waals surface area contributed by atoms with E-state index in [9.17, 15) is 9.59 Å². The molecule has 2 heterocycles. The Balaban J connectivity index is 1.85. The Morgan fingerprint density at radius 1 is 1.25 bits per heavy atom. The summed E-state index contributed by atoms with van der Waals surface area (Å²) in [7, 11) is 0. The third kappa shape index (κ3) is 1.97. The Bertz CT molecular complexity index is 572. The van der Waals surface area contributed by atoms with Crippen LogP contribution in [0.2, 0.25) is 0 Å². The molecule has 0 spiro atoms. The summed E-state index contributed by atoms with van der Waals surface area (Å²) in [5, 5.41) is 0. The fraction of sp³-hybridized carbons (Fsp3) is 0.429. The van der Waals surface area contributed by atoms with Gasteiger partial charge in [0.05, 0.1) is 0 Å². The summed E-state index contributed by atoms with van der Waals surface area (Å²) in [5.41, 5.74) is 0.773. The lowest BCUT2D eigenvalue weighted by Crippen LogP contribution is -2.57. The van der Waals surface area contributed by atoms with Crippen molar-refractivity contribution in [3.8, 4) is 11.5 Å². The predicted molar refractivity (Wildman–Crippen MR) is 71.8 cm³/mol. The normalized spacial score (nSPS) is 21.3. The van der Waals surface area contributed by atoms with Gasteiger partial charge >= 0.3 is 0 Å². The fourth-order valence-corrected chi connectivity index (χ4v) is 2.61. The summed E-state index contributed by atoms with van der Waals surface area (Å²) in [4.78, 5) is 27.1. The van der Waals surface area contributed by atoms with Gasteiger partial charge in [-0.2, -0.15) is 0 Å². The van der Waals surface area contributed by atoms with Crippen LogP contribution in [0.4, 0.5) is 5.69 Å². The molecule has 0 bridgehead atoms. The molecule has 1 fully saturated rings. The molecule has 0 aromatic heterocycles. The zero-order valence-electron chi connectivity index (χ0n) is 11.5. The number of rotatable bonds is 1. The van der Waals surface area contributed by atoms with Crippen molar-refractivity contribution in [3.63, 3.8) is 0 Å². The summed E-state index contributed by atoms with van der Waals surface area (Å²) in [6.07, 6.45) is 0. The molecular weight excluding hydrogens is 260 g/mol. The predicted octanol–water partition coefficient (Wildman–Crippen LogP) is 0.999. The maximum atomic E-state index is 12.4. The van der Waals surface area contributed by atoms with Crippen LogP contribution in [0.15, 0.2) is 18.2 Å². The molecule has 2 aliphatic rings. The molecule has 6 nitrogen and oxygen atoms in total. The van der Waals surface area contributed by atoms with Crippen LogP contribution in [0.5, 0.6) is 11.5 Å². The molecule has 6 heteroatoms. The van der Waals surface area contributed by atoms with E-state index in [-0.39, 0.29) is 18.6 Å². The van der Waals surface area contributed by atoms with Crippen molar-refractivity contribution in [2.45, 2.75) is 19.9 Å². The van der Waals surface area contributed by atoms with Gasteiger partial charge in [0.1, 0.15) is 6.04 Å². The molecule has 1 atom stereocenters. The van der Waals surface area contributed by atoms with Gasteiger partial charge in [-0.3, -0.25) is 9.59 Å². The molecule has 1 aromatic carbocycles. The number of anilines is 1. The van der Waals surface area contributed by atoms with Gasteiger partial charge < -0.3 is 19.3 Å². The molecule has 106 valence electrons. The highest BCUT2D eigenvalue weighted by Crippen LogP contribution is 2.36. The minimum atomic E-state index is -0.438. The maximum Gasteiger partial charge on any atom is 0.249 e. The number of carbonyl (C=O) groups is 2. The number of hydrogen-bond donors (Lipinski definition) is 0. The number of ether oxygens (including phenoxy) is 2. The van der Waals surface area contributed by atoms with Gasteiger partial charge in [-0.15, -0.1) is 0 Å². The van der Waals surface area contributed by atoms with E-state index in [4.69, 9.17) is 9.47 Å². The van der Waals surface area contributed by atoms with Gasteiger partial charge in [0.2, 0.25) is 18.6 Å². The fourth-order valence-electron chi connectivity index (χ4n) is 2.61. The van der Waals surface area contributed by atoms with Crippen molar-refractivity contribution >= 4 is 17.5 Å². The van der Waals surface area contributed by atoms with Gasteiger partial charge in [0.25, 0.3) is 0 Å². The first-order chi connectivity index (χ1) is 9.58. The van der Waals surface area contributed by atoms with E-state index in [0.29, 0.717) is 24.6 Å². The summed E-state index contributed by atoms with van der Waals surface area (Å²) < 4.78 is 10.6. The van der Waals surface area contributed by atoms with E-state index in [1.165, 1.54) is 6.92 Å². The standard InChI is InChI=1S/C14H16N2O4/c1-9-14(18)16(6-5-15(9)10(2)17)11-3-4-12-13(7-11)20-8-19-12/h3-4,7,9H,5-6,8H2,1-2H3. The Labute approximate surface area is 116 Å². The second kappa shape index (κ2) is 4.70. The number of amides is 2. The highest BCUT2D eigenvalue weighted by atomic mass is 16.7. The van der Waals surface area contributed by atoms with Crippen LogP contribution in [0, 0.1) is 0 Å². The quantitative estimate of drug-likeness (QED) is 0.768. The lowest BCUT2D eigenvalue weighted by molar-refractivity contribution is -0.139. The highest BCUT2D eigenvalue weighted by molar-refractivity contribution is 6.00. The first-order valence-corrected chi connectivity index (χ1v) is 6.56. The van der Waals surface area contributed by atoms with Crippen LogP contribution in [0.3, 0.4) is 0 Å². The minimum absolute atomic E-state index is 0.0730. The average Bonchev–Trinajstić information content (AvgIpc) is 2.88. The first kappa shape index (κ1) is 12.8. The Kier molecular flexibility index (Phi) is 3.00. The smallest absolute Gasteiger partial charge is 0.249 e. The van der Waals surface area contributed by atoms with E-state index in [2.05, 4.69) is 0 Å². The monoisotopic (exact) mass is 276 g/mol. The van der Waals surface area contributed by atoms with Crippen molar-refractivity contribution in [2.24, 2.45) is 0 Å². The van der Waals surface area contributed by atoms with Crippen LogP contribution >= 0.6 is 0 Å². The summed E-state index contributed by atoms with van der Waals surface area (Å²) >= 11 is 0. The second-order valence-corrected chi connectivity index (χ2v) is 4.92. The van der Waals surface area contributed by atoms with Crippen LogP contribution in [0.25, 0.3) is 0 Å². The molecule has 1 unspecified atom stereocenters. The van der Waals surface area contributed by atoms with Crippen molar-refractivity contribution < 1.29 is 19.1 Å². The minimum Gasteiger partial charge on any atom is -0.454 e. The van der Waals surface area contributed by atoms with Crippen molar-refractivity contribution in [2.75, 3.05) is 24.8 Å². The molecule has 0 radical (unpaired) electrons. The number of fused-ring (bicyclic) bond motifs is 1. The van der Waals surface area contributed by atoms with Crippen LogP contribution < -0.4 is 14.4 Å². The molecule has 0 aliphatic carbocycles. The molecule has 2 amide bonds. The van der Waals surface area contributed by atoms with Gasteiger partial charge in [-0.25, -0.2) is 0 Å². The first-order valence-electron chi connectivity index (χ1n) is 6.56. The third-order valence-electron chi connectivity index (χ3n) is 3.73.